The van der Waals surface area contributed by atoms with Gasteiger partial charge in [0.15, 0.2) is 0 Å². The van der Waals surface area contributed by atoms with Gasteiger partial charge in [-0.15, -0.1) is 0 Å². The minimum atomic E-state index is -0.712. The Morgan fingerprint density at radius 1 is 1.38 bits per heavy atom. The van der Waals surface area contributed by atoms with Gasteiger partial charge in [0.1, 0.15) is 18.2 Å². The Kier molecular flexibility index (Phi) is 3.20. The zero-order valence-corrected chi connectivity index (χ0v) is 8.03. The van der Waals surface area contributed by atoms with Crippen LogP contribution < -0.4 is 5.32 Å². The molecule has 1 rings (SSSR count). The summed E-state index contributed by atoms with van der Waals surface area (Å²) < 4.78 is 25.8. The average Bonchev–Trinajstić information content (AvgIpc) is 2.09. The Morgan fingerprint density at radius 3 is 2.69 bits per heavy atom. The molecular weight excluding hydrogens is 242 g/mol. The molecule has 0 saturated heterocycles. The number of benzene rings is 1. The number of hydrogen-bond donors (Lipinski definition) is 1. The van der Waals surface area contributed by atoms with E-state index in [1.165, 1.54) is 6.07 Å². The lowest BCUT2D eigenvalue weighted by Gasteiger charge is -2.04. The van der Waals surface area contributed by atoms with Gasteiger partial charge in [-0.3, -0.25) is 0 Å². The van der Waals surface area contributed by atoms with E-state index in [0.717, 1.165) is 6.07 Å². The van der Waals surface area contributed by atoms with Crippen molar-refractivity contribution in [2.45, 2.75) is 0 Å². The number of halogens is 3. The molecule has 0 atom stereocenters. The van der Waals surface area contributed by atoms with Gasteiger partial charge >= 0.3 is 0 Å². The van der Waals surface area contributed by atoms with Crippen LogP contribution in [0.2, 0.25) is 0 Å². The van der Waals surface area contributed by atoms with E-state index < -0.39 is 11.6 Å². The molecule has 1 aromatic carbocycles. The topological polar surface area (TPSA) is 35.8 Å². The van der Waals surface area contributed by atoms with E-state index in [1.54, 1.807) is 6.07 Å². The third-order valence-corrected chi connectivity index (χ3v) is 1.98. The van der Waals surface area contributed by atoms with E-state index in [2.05, 4.69) is 21.2 Å². The molecular formula is C8H5BrF2N2. The van der Waals surface area contributed by atoms with Gasteiger partial charge in [0.25, 0.3) is 0 Å². The highest BCUT2D eigenvalue weighted by atomic mass is 79.9. The van der Waals surface area contributed by atoms with Gasteiger partial charge in [-0.2, -0.15) is 5.26 Å². The molecule has 13 heavy (non-hydrogen) atoms. The highest BCUT2D eigenvalue weighted by molar-refractivity contribution is 9.10. The lowest BCUT2D eigenvalue weighted by Crippen LogP contribution is -2.01. The van der Waals surface area contributed by atoms with Crippen LogP contribution in [0.15, 0.2) is 16.6 Å². The van der Waals surface area contributed by atoms with E-state index in [1.807, 2.05) is 0 Å². The predicted molar refractivity (Wildman–Crippen MR) is 48.2 cm³/mol. The molecule has 0 saturated carbocycles. The van der Waals surface area contributed by atoms with Crippen molar-refractivity contribution in [3.63, 3.8) is 0 Å². The maximum Gasteiger partial charge on any atom is 0.149 e. The number of nitrogens with zero attached hydrogens (tertiary/aromatic N) is 1. The van der Waals surface area contributed by atoms with E-state index in [0.29, 0.717) is 0 Å². The molecule has 0 aromatic heterocycles. The van der Waals surface area contributed by atoms with Crippen molar-refractivity contribution in [1.82, 2.24) is 0 Å². The second kappa shape index (κ2) is 4.19. The van der Waals surface area contributed by atoms with Crippen LogP contribution >= 0.6 is 15.9 Å². The summed E-state index contributed by atoms with van der Waals surface area (Å²) in [5.41, 5.74) is 0.106. The zero-order valence-electron chi connectivity index (χ0n) is 6.44. The Labute approximate surface area is 82.3 Å². The highest BCUT2D eigenvalue weighted by Gasteiger charge is 2.06. The smallest absolute Gasteiger partial charge is 0.149 e. The highest BCUT2D eigenvalue weighted by Crippen LogP contribution is 2.23. The molecule has 0 unspecified atom stereocenters. The number of hydrogen-bond acceptors (Lipinski definition) is 2. The molecule has 0 amide bonds. The van der Waals surface area contributed by atoms with Crippen LogP contribution in [-0.4, -0.2) is 6.54 Å². The SMILES string of the molecule is N#CCNc1cc(Br)c(F)cc1F. The minimum Gasteiger partial charge on any atom is -0.370 e. The van der Waals surface area contributed by atoms with Crippen LogP contribution in [0.5, 0.6) is 0 Å². The van der Waals surface area contributed by atoms with E-state index >= 15 is 0 Å². The number of anilines is 1. The normalized spacial score (nSPS) is 9.38. The Morgan fingerprint density at radius 2 is 2.08 bits per heavy atom. The molecule has 0 aliphatic rings. The largest absolute Gasteiger partial charge is 0.370 e. The van der Waals surface area contributed by atoms with Crippen LogP contribution in [0, 0.1) is 23.0 Å². The van der Waals surface area contributed by atoms with Gasteiger partial charge in [-0.05, 0) is 22.0 Å². The van der Waals surface area contributed by atoms with Crippen molar-refractivity contribution >= 4 is 21.6 Å². The quantitative estimate of drug-likeness (QED) is 0.644. The fourth-order valence-electron chi connectivity index (χ4n) is 0.793. The molecule has 0 radical (unpaired) electrons. The molecule has 0 aliphatic carbocycles. The molecule has 0 fully saturated rings. The average molecular weight is 247 g/mol. The van der Waals surface area contributed by atoms with Gasteiger partial charge in [-0.1, -0.05) is 0 Å². The molecule has 0 spiro atoms. The Balaban J connectivity index is 2.96. The molecule has 2 nitrogen and oxygen atoms in total. The third kappa shape index (κ3) is 2.39. The van der Waals surface area contributed by atoms with Crippen LogP contribution in [0.1, 0.15) is 0 Å². The molecule has 1 N–H and O–H groups in total. The first-order valence-electron chi connectivity index (χ1n) is 3.40. The first-order valence-corrected chi connectivity index (χ1v) is 4.20. The van der Waals surface area contributed by atoms with Crippen LogP contribution in [0.25, 0.3) is 0 Å². The van der Waals surface area contributed by atoms with E-state index in [9.17, 15) is 8.78 Å². The van der Waals surface area contributed by atoms with Crippen molar-refractivity contribution in [3.05, 3.63) is 28.2 Å². The van der Waals surface area contributed by atoms with Gasteiger partial charge in [0.2, 0.25) is 0 Å². The number of rotatable bonds is 2. The summed E-state index contributed by atoms with van der Waals surface area (Å²) in [5.74, 6) is -1.38. The van der Waals surface area contributed by atoms with Crippen molar-refractivity contribution < 1.29 is 8.78 Å². The van der Waals surface area contributed by atoms with Gasteiger partial charge in [0, 0.05) is 6.07 Å². The third-order valence-electron chi connectivity index (χ3n) is 1.37. The minimum absolute atomic E-state index is 0.0189. The lowest BCUT2D eigenvalue weighted by atomic mass is 10.3. The van der Waals surface area contributed by atoms with Crippen molar-refractivity contribution in [2.24, 2.45) is 0 Å². The van der Waals surface area contributed by atoms with E-state index in [4.69, 9.17) is 5.26 Å². The molecule has 0 heterocycles. The summed E-state index contributed by atoms with van der Waals surface area (Å²) >= 11 is 2.91. The number of nitriles is 1. The van der Waals surface area contributed by atoms with Gasteiger partial charge in [0.05, 0.1) is 16.2 Å². The molecule has 0 aliphatic heterocycles. The summed E-state index contributed by atoms with van der Waals surface area (Å²) in [6, 6.07) is 3.80. The van der Waals surface area contributed by atoms with Gasteiger partial charge < -0.3 is 5.32 Å². The summed E-state index contributed by atoms with van der Waals surface area (Å²) in [6.07, 6.45) is 0. The van der Waals surface area contributed by atoms with Crippen LogP contribution in [0.4, 0.5) is 14.5 Å². The second-order valence-electron chi connectivity index (χ2n) is 2.26. The summed E-state index contributed by atoms with van der Waals surface area (Å²) in [6.45, 7) is -0.0189. The first-order chi connectivity index (χ1) is 6.15. The van der Waals surface area contributed by atoms with Crippen molar-refractivity contribution in [3.8, 4) is 6.07 Å². The zero-order chi connectivity index (χ0) is 9.84. The van der Waals surface area contributed by atoms with Gasteiger partial charge in [-0.25, -0.2) is 8.78 Å². The summed E-state index contributed by atoms with van der Waals surface area (Å²) in [7, 11) is 0. The van der Waals surface area contributed by atoms with E-state index in [-0.39, 0.29) is 16.7 Å². The fourth-order valence-corrected chi connectivity index (χ4v) is 1.14. The maximum atomic E-state index is 12.9. The fraction of sp³-hybridized carbons (Fsp3) is 0.125. The monoisotopic (exact) mass is 246 g/mol. The van der Waals surface area contributed by atoms with Crippen molar-refractivity contribution in [1.29, 1.82) is 5.26 Å². The molecule has 68 valence electrons. The number of nitrogens with one attached hydrogen (secondary N) is 1. The van der Waals surface area contributed by atoms with Crippen molar-refractivity contribution in [2.75, 3.05) is 11.9 Å². The van der Waals surface area contributed by atoms with Crippen LogP contribution in [-0.2, 0) is 0 Å². The molecule has 5 heteroatoms. The van der Waals surface area contributed by atoms with Crippen LogP contribution in [0.3, 0.4) is 0 Å². The maximum absolute atomic E-state index is 12.9. The standard InChI is InChI=1S/C8H5BrF2N2/c9-5-3-8(13-2-1-12)7(11)4-6(5)10/h3-4,13H,2H2. The second-order valence-corrected chi connectivity index (χ2v) is 3.11. The molecule has 0 bridgehead atoms. The molecule has 1 aromatic rings. The predicted octanol–water partition coefficient (Wildman–Crippen LogP) is 2.66. The lowest BCUT2D eigenvalue weighted by molar-refractivity contribution is 0.581. The Hall–Kier alpha value is -1.15. The Bertz CT molecular complexity index is 360. The summed E-state index contributed by atoms with van der Waals surface area (Å²) in [5, 5.41) is 10.7. The first kappa shape index (κ1) is 9.93. The summed E-state index contributed by atoms with van der Waals surface area (Å²) in [4.78, 5) is 0.